The number of hydrogen-bond donors (Lipinski definition) is 2. The summed E-state index contributed by atoms with van der Waals surface area (Å²) in [4.78, 5) is 15.4. The highest BCUT2D eigenvalue weighted by molar-refractivity contribution is 7.79. The second kappa shape index (κ2) is 13.8. The summed E-state index contributed by atoms with van der Waals surface area (Å²) in [6.07, 6.45) is 3.72. The van der Waals surface area contributed by atoms with Gasteiger partial charge in [0.15, 0.2) is 5.82 Å². The molecule has 0 bridgehead atoms. The zero-order valence-electron chi connectivity index (χ0n) is 28.5. The number of pyridine rings is 1. The van der Waals surface area contributed by atoms with Crippen LogP contribution in [0.5, 0.6) is 0 Å². The van der Waals surface area contributed by atoms with Crippen LogP contribution in [0.2, 0.25) is 0 Å². The number of allylic oxidation sites excluding steroid dienone is 1. The Morgan fingerprint density at radius 1 is 0.453 bits per heavy atom. The van der Waals surface area contributed by atoms with Crippen molar-refractivity contribution in [3.05, 3.63) is 181 Å². The Morgan fingerprint density at radius 2 is 1.00 bits per heavy atom. The fourth-order valence-corrected chi connectivity index (χ4v) is 7.17. The highest BCUT2D eigenvalue weighted by Crippen LogP contribution is 2.37. The van der Waals surface area contributed by atoms with Crippen molar-refractivity contribution in [1.29, 1.82) is 5.41 Å². The molecule has 2 heterocycles. The second-order valence-electron chi connectivity index (χ2n) is 12.9. The van der Waals surface area contributed by atoms with Gasteiger partial charge in [0.25, 0.3) is 0 Å². The van der Waals surface area contributed by atoms with Gasteiger partial charge in [-0.05, 0) is 65.4 Å². The zero-order valence-corrected chi connectivity index (χ0v) is 29.4. The minimum Gasteiger partial charge on any atom is -0.299 e. The van der Waals surface area contributed by atoms with E-state index >= 15 is 0 Å². The summed E-state index contributed by atoms with van der Waals surface area (Å²) in [6, 6.07) is 56.0. The van der Waals surface area contributed by atoms with Crippen molar-refractivity contribution < 1.29 is 0 Å². The van der Waals surface area contributed by atoms with Gasteiger partial charge in [-0.1, -0.05) is 146 Å². The highest BCUT2D eigenvalue weighted by Gasteiger charge is 2.24. The minimum atomic E-state index is 0.321. The SMILES string of the molecule is N=C1C=Cc2c(-c3ccccc3)nc3cc(-c4cccc(-c5cc(-c6ccccc6)nc(-c6ccc(-c7ccccc7)cc6)n5)c4)ccc3c2C1=NS. The molecule has 8 aromatic rings. The number of aromatic nitrogens is 3. The number of rotatable bonds is 6. The Balaban J connectivity index is 1.15. The van der Waals surface area contributed by atoms with Crippen molar-refractivity contribution >= 4 is 41.2 Å². The van der Waals surface area contributed by atoms with Gasteiger partial charge in [0, 0.05) is 38.8 Å². The summed E-state index contributed by atoms with van der Waals surface area (Å²) < 4.78 is 4.25. The number of thiol groups is 1. The molecule has 6 aromatic carbocycles. The molecule has 0 spiro atoms. The molecule has 1 N–H and O–H groups in total. The number of nitrogens with zero attached hydrogens (tertiary/aromatic N) is 4. The molecule has 0 atom stereocenters. The van der Waals surface area contributed by atoms with Crippen LogP contribution in [0.15, 0.2) is 174 Å². The summed E-state index contributed by atoms with van der Waals surface area (Å²) in [6.45, 7) is 0. The monoisotopic (exact) mass is 697 g/mol. The van der Waals surface area contributed by atoms with Crippen molar-refractivity contribution in [1.82, 2.24) is 15.0 Å². The lowest BCUT2D eigenvalue weighted by atomic mass is 9.87. The first-order valence-electron chi connectivity index (χ1n) is 17.4. The third-order valence-corrected chi connectivity index (χ3v) is 9.82. The lowest BCUT2D eigenvalue weighted by Gasteiger charge is -2.20. The average molecular weight is 698 g/mol. The second-order valence-corrected chi connectivity index (χ2v) is 13.1. The third-order valence-electron chi connectivity index (χ3n) is 9.62. The smallest absolute Gasteiger partial charge is 0.160 e. The molecule has 2 aromatic heterocycles. The van der Waals surface area contributed by atoms with E-state index in [1.807, 2.05) is 48.5 Å². The molecule has 1 aliphatic rings. The van der Waals surface area contributed by atoms with Crippen LogP contribution in [0.3, 0.4) is 0 Å². The third kappa shape index (κ3) is 6.15. The van der Waals surface area contributed by atoms with Gasteiger partial charge in [-0.15, -0.1) is 0 Å². The topological polar surface area (TPSA) is 74.9 Å². The Labute approximate surface area is 313 Å². The highest BCUT2D eigenvalue weighted by atomic mass is 32.1. The maximum absolute atomic E-state index is 8.60. The van der Waals surface area contributed by atoms with Crippen LogP contribution in [0.25, 0.3) is 84.4 Å². The van der Waals surface area contributed by atoms with Gasteiger partial charge in [0.1, 0.15) is 5.71 Å². The summed E-state index contributed by atoms with van der Waals surface area (Å²) >= 11 is 4.28. The number of fused-ring (bicyclic) bond motifs is 3. The molecule has 0 fully saturated rings. The van der Waals surface area contributed by atoms with Crippen LogP contribution in [-0.4, -0.2) is 26.4 Å². The molecular formula is C47H31N5S. The molecule has 5 nitrogen and oxygen atoms in total. The molecule has 250 valence electrons. The van der Waals surface area contributed by atoms with Crippen molar-refractivity contribution in [2.45, 2.75) is 0 Å². The molecule has 0 saturated heterocycles. The molecule has 6 heteroatoms. The fourth-order valence-electron chi connectivity index (χ4n) is 6.96. The van der Waals surface area contributed by atoms with Gasteiger partial charge in [0.2, 0.25) is 0 Å². The summed E-state index contributed by atoms with van der Waals surface area (Å²) in [7, 11) is 0. The molecule has 0 saturated carbocycles. The summed E-state index contributed by atoms with van der Waals surface area (Å²) in [5, 5.41) is 9.52. The predicted molar refractivity (Wildman–Crippen MR) is 222 cm³/mol. The largest absolute Gasteiger partial charge is 0.299 e. The Kier molecular flexibility index (Phi) is 8.35. The Morgan fingerprint density at radius 3 is 1.70 bits per heavy atom. The van der Waals surface area contributed by atoms with Crippen molar-refractivity contribution in [3.8, 4) is 67.4 Å². The van der Waals surface area contributed by atoms with Crippen LogP contribution in [0.4, 0.5) is 0 Å². The van der Waals surface area contributed by atoms with Gasteiger partial charge in [-0.25, -0.2) is 19.3 Å². The maximum atomic E-state index is 8.60. The Hall–Kier alpha value is -6.76. The van der Waals surface area contributed by atoms with Gasteiger partial charge in [0.05, 0.1) is 28.3 Å². The number of benzene rings is 6. The van der Waals surface area contributed by atoms with E-state index in [1.165, 1.54) is 5.56 Å². The van der Waals surface area contributed by atoms with Crippen LogP contribution in [0.1, 0.15) is 11.1 Å². The van der Waals surface area contributed by atoms with Crippen LogP contribution in [0, 0.1) is 5.41 Å². The molecule has 0 amide bonds. The van der Waals surface area contributed by atoms with E-state index in [0.29, 0.717) is 17.2 Å². The van der Waals surface area contributed by atoms with Gasteiger partial charge in [-0.2, -0.15) is 0 Å². The standard InChI is InChI=1S/C47H31N5S/c48-40-26-25-39-44(46(40)52-53)38-24-23-36(28-43(38)49-45(39)33-15-8-3-9-16-33)35-17-10-18-37(27-35)42-29-41(32-13-6-2-7-14-32)50-47(51-42)34-21-19-31(20-22-34)30-11-4-1-5-12-30/h1-29,48,53H. The molecule has 0 unspecified atom stereocenters. The molecule has 0 radical (unpaired) electrons. The van der Waals surface area contributed by atoms with Gasteiger partial charge >= 0.3 is 0 Å². The quantitative estimate of drug-likeness (QED) is 0.170. The van der Waals surface area contributed by atoms with E-state index in [-0.39, 0.29) is 0 Å². The van der Waals surface area contributed by atoms with Crippen molar-refractivity contribution in [2.75, 3.05) is 0 Å². The van der Waals surface area contributed by atoms with Crippen LogP contribution < -0.4 is 0 Å². The normalized spacial score (nSPS) is 13.0. The van der Waals surface area contributed by atoms with Crippen molar-refractivity contribution in [2.24, 2.45) is 4.40 Å². The zero-order chi connectivity index (χ0) is 35.7. The molecule has 53 heavy (non-hydrogen) atoms. The number of hydrogen-bond acceptors (Lipinski definition) is 6. The lowest BCUT2D eigenvalue weighted by molar-refractivity contribution is 1.18. The molecule has 1 aliphatic carbocycles. The first kappa shape index (κ1) is 32.2. The minimum absolute atomic E-state index is 0.321. The van der Waals surface area contributed by atoms with E-state index in [1.54, 1.807) is 6.08 Å². The van der Waals surface area contributed by atoms with Gasteiger partial charge in [-0.3, -0.25) is 5.41 Å². The molecule has 0 aliphatic heterocycles. The predicted octanol–water partition coefficient (Wildman–Crippen LogP) is 11.7. The van der Waals surface area contributed by atoms with E-state index < -0.39 is 0 Å². The van der Waals surface area contributed by atoms with E-state index in [0.717, 1.165) is 78.1 Å². The molecular weight excluding hydrogens is 667 g/mol. The molecule has 9 rings (SSSR count). The van der Waals surface area contributed by atoms with Crippen LogP contribution >= 0.6 is 12.8 Å². The van der Waals surface area contributed by atoms with E-state index in [2.05, 4.69) is 139 Å². The average Bonchev–Trinajstić information content (AvgIpc) is 3.24. The summed E-state index contributed by atoms with van der Waals surface area (Å²) in [5.41, 5.74) is 14.3. The lowest BCUT2D eigenvalue weighted by Crippen LogP contribution is -2.18. The Bertz CT molecular complexity index is 2720. The number of nitrogens with one attached hydrogen (secondary N) is 1. The van der Waals surface area contributed by atoms with E-state index in [9.17, 15) is 0 Å². The fraction of sp³-hybridized carbons (Fsp3) is 0. The van der Waals surface area contributed by atoms with Gasteiger partial charge < -0.3 is 0 Å². The van der Waals surface area contributed by atoms with Crippen molar-refractivity contribution in [3.63, 3.8) is 0 Å². The van der Waals surface area contributed by atoms with Crippen LogP contribution in [-0.2, 0) is 0 Å². The first-order chi connectivity index (χ1) is 26.1. The van der Waals surface area contributed by atoms with E-state index in [4.69, 9.17) is 20.4 Å². The maximum Gasteiger partial charge on any atom is 0.160 e. The first-order valence-corrected chi connectivity index (χ1v) is 17.8. The summed E-state index contributed by atoms with van der Waals surface area (Å²) in [5.74, 6) is 0.667.